The minimum absolute atomic E-state index is 0.0434. The van der Waals surface area contributed by atoms with Crippen molar-refractivity contribution in [1.82, 2.24) is 0 Å². The van der Waals surface area contributed by atoms with Crippen LogP contribution in [-0.4, -0.2) is 11.8 Å². The van der Waals surface area contributed by atoms with Crippen molar-refractivity contribution in [3.63, 3.8) is 0 Å². The highest BCUT2D eigenvalue weighted by Crippen LogP contribution is 2.15. The zero-order valence-electron chi connectivity index (χ0n) is 15.4. The molecule has 0 aliphatic carbocycles. The molecule has 0 fully saturated rings. The molecule has 0 aliphatic rings. The van der Waals surface area contributed by atoms with Crippen LogP contribution in [0.4, 0.5) is 11.4 Å². The minimum Gasteiger partial charge on any atom is -0.326 e. The zero-order valence-corrected chi connectivity index (χ0v) is 15.4. The summed E-state index contributed by atoms with van der Waals surface area (Å²) in [6.07, 6.45) is 6.79. The van der Waals surface area contributed by atoms with Gasteiger partial charge in [-0.1, -0.05) is 50.3 Å². The fraction of sp³-hybridized carbons (Fsp3) is 0.273. The molecule has 2 rings (SSSR count). The third-order valence-electron chi connectivity index (χ3n) is 3.81. The maximum atomic E-state index is 11.6. The van der Waals surface area contributed by atoms with Crippen molar-refractivity contribution in [3.8, 4) is 0 Å². The third kappa shape index (κ3) is 6.55. The van der Waals surface area contributed by atoms with E-state index in [1.54, 1.807) is 0 Å². The van der Waals surface area contributed by atoms with Crippen molar-refractivity contribution >= 4 is 35.3 Å². The maximum Gasteiger partial charge on any atom is 0.224 e. The van der Waals surface area contributed by atoms with Crippen LogP contribution in [0.5, 0.6) is 0 Å². The molecule has 4 heteroatoms. The van der Waals surface area contributed by atoms with Gasteiger partial charge in [0, 0.05) is 24.2 Å². The van der Waals surface area contributed by atoms with Crippen LogP contribution in [0.1, 0.15) is 50.7 Å². The molecule has 2 N–H and O–H groups in total. The van der Waals surface area contributed by atoms with Gasteiger partial charge < -0.3 is 10.6 Å². The van der Waals surface area contributed by atoms with Gasteiger partial charge in [-0.15, -0.1) is 0 Å². The predicted octanol–water partition coefficient (Wildman–Crippen LogP) is 5.33. The first-order chi connectivity index (χ1) is 12.6. The highest BCUT2D eigenvalue weighted by atomic mass is 16.2. The molecule has 0 aromatic heterocycles. The summed E-state index contributed by atoms with van der Waals surface area (Å²) in [7, 11) is 0. The number of hydrogen-bond donors (Lipinski definition) is 2. The second-order valence-electron chi connectivity index (χ2n) is 6.17. The fourth-order valence-electron chi connectivity index (χ4n) is 2.45. The van der Waals surface area contributed by atoms with E-state index in [0.717, 1.165) is 35.3 Å². The Balaban J connectivity index is 1.92. The molecule has 2 aromatic carbocycles. The molecule has 0 radical (unpaired) electrons. The van der Waals surface area contributed by atoms with Gasteiger partial charge in [0.05, 0.1) is 0 Å². The van der Waals surface area contributed by atoms with E-state index in [1.807, 2.05) is 74.5 Å². The monoisotopic (exact) mass is 350 g/mol. The molecular formula is C22H26N2O2. The number of anilines is 2. The minimum atomic E-state index is 0.0434. The van der Waals surface area contributed by atoms with Gasteiger partial charge in [0.2, 0.25) is 11.8 Å². The predicted molar refractivity (Wildman–Crippen MR) is 109 cm³/mol. The van der Waals surface area contributed by atoms with Crippen LogP contribution in [-0.2, 0) is 9.59 Å². The summed E-state index contributed by atoms with van der Waals surface area (Å²) in [5, 5.41) is 5.75. The summed E-state index contributed by atoms with van der Waals surface area (Å²) in [6.45, 7) is 3.97. The second-order valence-corrected chi connectivity index (χ2v) is 6.17. The van der Waals surface area contributed by atoms with E-state index in [-0.39, 0.29) is 11.8 Å². The largest absolute Gasteiger partial charge is 0.326 e. The lowest BCUT2D eigenvalue weighted by molar-refractivity contribution is -0.117. The molecule has 0 spiro atoms. The van der Waals surface area contributed by atoms with E-state index in [0.29, 0.717) is 12.8 Å². The van der Waals surface area contributed by atoms with E-state index in [4.69, 9.17) is 0 Å². The summed E-state index contributed by atoms with van der Waals surface area (Å²) in [5.74, 6) is 0.0869. The second kappa shape index (κ2) is 10.2. The van der Waals surface area contributed by atoms with E-state index in [1.165, 1.54) is 0 Å². The molecule has 26 heavy (non-hydrogen) atoms. The van der Waals surface area contributed by atoms with Crippen molar-refractivity contribution in [1.29, 1.82) is 0 Å². The average Bonchev–Trinajstić information content (AvgIpc) is 2.63. The number of rotatable bonds is 8. The Labute approximate surface area is 155 Å². The van der Waals surface area contributed by atoms with Crippen LogP contribution in [0.2, 0.25) is 0 Å². The molecule has 0 bridgehead atoms. The van der Waals surface area contributed by atoms with Crippen LogP contribution in [0.3, 0.4) is 0 Å². The smallest absolute Gasteiger partial charge is 0.224 e. The molecule has 0 unspecified atom stereocenters. The fourth-order valence-corrected chi connectivity index (χ4v) is 2.45. The number of carbonyl (C=O) groups excluding carboxylic acids is 2. The van der Waals surface area contributed by atoms with Gasteiger partial charge in [-0.3, -0.25) is 9.59 Å². The average molecular weight is 350 g/mol. The molecule has 136 valence electrons. The van der Waals surface area contributed by atoms with Gasteiger partial charge in [0.15, 0.2) is 0 Å². The summed E-state index contributed by atoms with van der Waals surface area (Å²) >= 11 is 0. The van der Waals surface area contributed by atoms with E-state index >= 15 is 0 Å². The van der Waals surface area contributed by atoms with E-state index in [2.05, 4.69) is 10.6 Å². The lowest BCUT2D eigenvalue weighted by atomic mass is 10.1. The molecule has 0 heterocycles. The van der Waals surface area contributed by atoms with Gasteiger partial charge in [0.25, 0.3) is 0 Å². The normalized spacial score (nSPS) is 10.7. The van der Waals surface area contributed by atoms with Crippen LogP contribution >= 0.6 is 0 Å². The molecule has 2 amide bonds. The Morgan fingerprint density at radius 1 is 0.692 bits per heavy atom. The summed E-state index contributed by atoms with van der Waals surface area (Å²) in [5.41, 5.74) is 3.73. The maximum absolute atomic E-state index is 11.6. The van der Waals surface area contributed by atoms with Gasteiger partial charge in [-0.05, 0) is 48.2 Å². The number of carbonyl (C=O) groups is 2. The first-order valence-electron chi connectivity index (χ1n) is 9.08. The number of amides is 2. The number of nitrogens with one attached hydrogen (secondary N) is 2. The molecule has 0 aliphatic heterocycles. The SMILES string of the molecule is CCCC(=O)Nc1ccc(/C=C/c2ccc(NC(=O)CCC)cc2)cc1. The number of hydrogen-bond acceptors (Lipinski definition) is 2. The van der Waals surface area contributed by atoms with Crippen molar-refractivity contribution in [3.05, 3.63) is 59.7 Å². The summed E-state index contributed by atoms with van der Waals surface area (Å²) in [6, 6.07) is 15.5. The van der Waals surface area contributed by atoms with Gasteiger partial charge in [-0.25, -0.2) is 0 Å². The topological polar surface area (TPSA) is 58.2 Å². The summed E-state index contributed by atoms with van der Waals surface area (Å²) < 4.78 is 0. The van der Waals surface area contributed by atoms with E-state index < -0.39 is 0 Å². The number of benzene rings is 2. The highest BCUT2D eigenvalue weighted by molar-refractivity contribution is 5.91. The Hall–Kier alpha value is -2.88. The van der Waals surface area contributed by atoms with Crippen molar-refractivity contribution < 1.29 is 9.59 Å². The lowest BCUT2D eigenvalue weighted by Crippen LogP contribution is -2.10. The highest BCUT2D eigenvalue weighted by Gasteiger charge is 2.01. The zero-order chi connectivity index (χ0) is 18.8. The Morgan fingerprint density at radius 2 is 1.04 bits per heavy atom. The first kappa shape index (κ1) is 19.4. The van der Waals surface area contributed by atoms with Crippen LogP contribution in [0.15, 0.2) is 48.5 Å². The molecule has 4 nitrogen and oxygen atoms in total. The molecule has 0 saturated heterocycles. The summed E-state index contributed by atoms with van der Waals surface area (Å²) in [4.78, 5) is 23.2. The third-order valence-corrected chi connectivity index (χ3v) is 3.81. The standard InChI is InChI=1S/C22H26N2O2/c1-3-5-21(25)23-19-13-9-17(10-14-19)7-8-18-11-15-20(16-12-18)24-22(26)6-4-2/h7-16H,3-6H2,1-2H3,(H,23,25)(H,24,26)/b8-7+. The molecular weight excluding hydrogens is 324 g/mol. The van der Waals surface area contributed by atoms with Gasteiger partial charge >= 0.3 is 0 Å². The van der Waals surface area contributed by atoms with Crippen LogP contribution < -0.4 is 10.6 Å². The van der Waals surface area contributed by atoms with E-state index in [9.17, 15) is 9.59 Å². The Morgan fingerprint density at radius 3 is 1.35 bits per heavy atom. The van der Waals surface area contributed by atoms with Gasteiger partial charge in [0.1, 0.15) is 0 Å². The first-order valence-corrected chi connectivity index (χ1v) is 9.08. The Kier molecular flexibility index (Phi) is 7.62. The molecule has 0 atom stereocenters. The van der Waals surface area contributed by atoms with Crippen molar-refractivity contribution in [2.24, 2.45) is 0 Å². The molecule has 2 aromatic rings. The van der Waals surface area contributed by atoms with Gasteiger partial charge in [-0.2, -0.15) is 0 Å². The Bertz CT molecular complexity index is 681. The quantitative estimate of drug-likeness (QED) is 0.632. The van der Waals surface area contributed by atoms with Crippen molar-refractivity contribution in [2.45, 2.75) is 39.5 Å². The molecule has 0 saturated carbocycles. The lowest BCUT2D eigenvalue weighted by Gasteiger charge is -2.05. The van der Waals surface area contributed by atoms with Crippen LogP contribution in [0, 0.1) is 0 Å². The van der Waals surface area contributed by atoms with Crippen LogP contribution in [0.25, 0.3) is 12.2 Å². The van der Waals surface area contributed by atoms with Crippen molar-refractivity contribution in [2.75, 3.05) is 10.6 Å².